The Kier molecular flexibility index (Phi) is 7.82. The molecule has 2 aliphatic rings. The van der Waals surface area contributed by atoms with E-state index in [0.717, 1.165) is 13.0 Å². The third-order valence-electron chi connectivity index (χ3n) is 4.93. The molecule has 156 valence electrons. The molecule has 10 heteroatoms. The van der Waals surface area contributed by atoms with Crippen LogP contribution >= 0.6 is 12.4 Å². The minimum atomic E-state index is -3.68. The Morgan fingerprint density at radius 3 is 2.61 bits per heavy atom. The molecule has 0 aliphatic carbocycles. The highest BCUT2D eigenvalue weighted by Gasteiger charge is 2.35. The molecule has 8 nitrogen and oxygen atoms in total. The van der Waals surface area contributed by atoms with Crippen molar-refractivity contribution in [1.29, 1.82) is 0 Å². The van der Waals surface area contributed by atoms with E-state index in [2.05, 4.69) is 5.32 Å². The van der Waals surface area contributed by atoms with Crippen LogP contribution in [-0.2, 0) is 19.6 Å². The van der Waals surface area contributed by atoms with E-state index in [0.29, 0.717) is 38.2 Å². The smallest absolute Gasteiger partial charge is 0.338 e. The summed E-state index contributed by atoms with van der Waals surface area (Å²) < 4.78 is 32.4. The van der Waals surface area contributed by atoms with Gasteiger partial charge in [0.05, 0.1) is 23.6 Å². The number of ether oxygens (including phenoxy) is 1. The highest BCUT2D eigenvalue weighted by Crippen LogP contribution is 2.24. The number of amides is 1. The molecule has 0 aromatic heterocycles. The zero-order chi connectivity index (χ0) is 19.4. The van der Waals surface area contributed by atoms with Gasteiger partial charge in [-0.3, -0.25) is 4.79 Å². The average Bonchev–Trinajstić information content (AvgIpc) is 2.69. The van der Waals surface area contributed by atoms with Gasteiger partial charge in [-0.2, -0.15) is 4.31 Å². The Labute approximate surface area is 171 Å². The second-order valence-corrected chi connectivity index (χ2v) is 8.61. The normalized spacial score (nSPS) is 21.1. The summed E-state index contributed by atoms with van der Waals surface area (Å²) in [6.07, 6.45) is 1.52. The highest BCUT2D eigenvalue weighted by atomic mass is 35.5. The van der Waals surface area contributed by atoms with E-state index in [1.165, 1.54) is 28.6 Å². The molecule has 0 radical (unpaired) electrons. The van der Waals surface area contributed by atoms with Gasteiger partial charge < -0.3 is 15.0 Å². The number of rotatable bonds is 5. The number of hydrogen-bond acceptors (Lipinski definition) is 6. The standard InChI is InChI=1S/C18H25N3O5S.ClH/c1-2-26-18(23)14-5-7-16(8-6-14)27(24,25)20-10-3-4-15(13-20)21-11-9-19-12-17(21)22;/h5-8,15,19H,2-4,9-13H2,1H3;1H. The number of carbonyl (C=O) groups is 2. The average molecular weight is 432 g/mol. The lowest BCUT2D eigenvalue weighted by Gasteiger charge is -2.40. The Morgan fingerprint density at radius 1 is 1.25 bits per heavy atom. The number of sulfonamides is 1. The van der Waals surface area contributed by atoms with Gasteiger partial charge in [0.2, 0.25) is 15.9 Å². The van der Waals surface area contributed by atoms with Gasteiger partial charge in [-0.1, -0.05) is 0 Å². The van der Waals surface area contributed by atoms with Gasteiger partial charge in [-0.15, -0.1) is 12.4 Å². The van der Waals surface area contributed by atoms with Crippen LogP contribution in [0.15, 0.2) is 29.2 Å². The lowest BCUT2D eigenvalue weighted by molar-refractivity contribution is -0.135. The molecule has 0 bridgehead atoms. The third kappa shape index (κ3) is 4.83. The summed E-state index contributed by atoms with van der Waals surface area (Å²) in [4.78, 5) is 25.8. The molecular formula is C18H26ClN3O5S. The molecule has 0 spiro atoms. The number of nitrogens with one attached hydrogen (secondary N) is 1. The Hall–Kier alpha value is -1.68. The first kappa shape index (κ1) is 22.6. The number of carbonyl (C=O) groups excluding carboxylic acids is 2. The molecule has 2 aliphatic heterocycles. The predicted molar refractivity (Wildman–Crippen MR) is 106 cm³/mol. The van der Waals surface area contributed by atoms with Crippen LogP contribution in [0.1, 0.15) is 30.1 Å². The molecule has 0 saturated carbocycles. The Morgan fingerprint density at radius 2 is 1.96 bits per heavy atom. The van der Waals surface area contributed by atoms with Crippen molar-refractivity contribution in [2.24, 2.45) is 0 Å². The minimum Gasteiger partial charge on any atom is -0.462 e. The second-order valence-electron chi connectivity index (χ2n) is 6.67. The summed E-state index contributed by atoms with van der Waals surface area (Å²) in [5.41, 5.74) is 0.318. The van der Waals surface area contributed by atoms with Crippen LogP contribution in [0, 0.1) is 0 Å². The van der Waals surface area contributed by atoms with Gasteiger partial charge in [0.15, 0.2) is 0 Å². The zero-order valence-electron chi connectivity index (χ0n) is 15.8. The van der Waals surface area contributed by atoms with Crippen molar-refractivity contribution >= 4 is 34.3 Å². The van der Waals surface area contributed by atoms with Gasteiger partial charge in [0.1, 0.15) is 0 Å². The number of benzene rings is 1. The number of nitrogens with zero attached hydrogens (tertiary/aromatic N) is 2. The van der Waals surface area contributed by atoms with E-state index in [9.17, 15) is 18.0 Å². The summed E-state index contributed by atoms with van der Waals surface area (Å²) in [6.45, 7) is 4.34. The van der Waals surface area contributed by atoms with Crippen LogP contribution in [0.2, 0.25) is 0 Å². The van der Waals surface area contributed by atoms with Gasteiger partial charge in [0.25, 0.3) is 0 Å². The topological polar surface area (TPSA) is 96.0 Å². The molecule has 2 heterocycles. The molecular weight excluding hydrogens is 406 g/mol. The Balaban J connectivity index is 0.00000280. The molecule has 3 rings (SSSR count). The largest absolute Gasteiger partial charge is 0.462 e. The van der Waals surface area contributed by atoms with Crippen molar-refractivity contribution in [2.45, 2.75) is 30.7 Å². The fourth-order valence-electron chi connectivity index (χ4n) is 3.53. The van der Waals surface area contributed by atoms with Gasteiger partial charge in [-0.25, -0.2) is 13.2 Å². The highest BCUT2D eigenvalue weighted by molar-refractivity contribution is 7.89. The molecule has 1 atom stereocenters. The second kappa shape index (κ2) is 9.69. The molecule has 1 unspecified atom stereocenters. The number of hydrogen-bond donors (Lipinski definition) is 1. The van der Waals surface area contributed by atoms with Crippen LogP contribution in [0.5, 0.6) is 0 Å². The van der Waals surface area contributed by atoms with Crippen LogP contribution in [0.3, 0.4) is 0 Å². The first-order chi connectivity index (χ1) is 12.9. The molecule has 2 fully saturated rings. The number of halogens is 1. The summed E-state index contributed by atoms with van der Waals surface area (Å²) in [7, 11) is -3.68. The summed E-state index contributed by atoms with van der Waals surface area (Å²) >= 11 is 0. The molecule has 2 saturated heterocycles. The molecule has 1 amide bonds. The first-order valence-corrected chi connectivity index (χ1v) is 10.6. The lowest BCUT2D eigenvalue weighted by atomic mass is 10.1. The zero-order valence-corrected chi connectivity index (χ0v) is 17.4. The number of piperazine rings is 1. The third-order valence-corrected chi connectivity index (χ3v) is 6.81. The maximum atomic E-state index is 13.0. The van der Waals surface area contributed by atoms with Crippen molar-refractivity contribution in [3.63, 3.8) is 0 Å². The SMILES string of the molecule is CCOC(=O)c1ccc(S(=O)(=O)N2CCCC(N3CCNCC3=O)C2)cc1.Cl. The van der Waals surface area contributed by atoms with Gasteiger partial charge >= 0.3 is 5.97 Å². The fourth-order valence-corrected chi connectivity index (χ4v) is 5.04. The fraction of sp³-hybridized carbons (Fsp3) is 0.556. The summed E-state index contributed by atoms with van der Waals surface area (Å²) in [6, 6.07) is 5.70. The van der Waals surface area contributed by atoms with E-state index in [-0.39, 0.29) is 35.9 Å². The quantitative estimate of drug-likeness (QED) is 0.695. The molecule has 28 heavy (non-hydrogen) atoms. The van der Waals surface area contributed by atoms with Crippen LogP contribution < -0.4 is 5.32 Å². The predicted octanol–water partition coefficient (Wildman–Crippen LogP) is 0.870. The monoisotopic (exact) mass is 431 g/mol. The van der Waals surface area contributed by atoms with Crippen LogP contribution in [-0.4, -0.2) is 74.9 Å². The first-order valence-electron chi connectivity index (χ1n) is 9.21. The Bertz CT molecular complexity index is 800. The van der Waals surface area contributed by atoms with E-state index < -0.39 is 16.0 Å². The summed E-state index contributed by atoms with van der Waals surface area (Å²) in [5, 5.41) is 3.03. The number of piperidine rings is 1. The maximum Gasteiger partial charge on any atom is 0.338 e. The van der Waals surface area contributed by atoms with Crippen molar-refractivity contribution in [3.8, 4) is 0 Å². The van der Waals surface area contributed by atoms with Crippen molar-refractivity contribution in [1.82, 2.24) is 14.5 Å². The van der Waals surface area contributed by atoms with Crippen LogP contribution in [0.4, 0.5) is 0 Å². The number of esters is 1. The maximum absolute atomic E-state index is 13.0. The van der Waals surface area contributed by atoms with Crippen molar-refractivity contribution < 1.29 is 22.7 Å². The molecule has 1 N–H and O–H groups in total. The van der Waals surface area contributed by atoms with E-state index in [1.54, 1.807) is 11.8 Å². The minimum absolute atomic E-state index is 0. The van der Waals surface area contributed by atoms with Crippen molar-refractivity contribution in [3.05, 3.63) is 29.8 Å². The van der Waals surface area contributed by atoms with E-state index in [4.69, 9.17) is 4.74 Å². The van der Waals surface area contributed by atoms with E-state index in [1.807, 2.05) is 0 Å². The van der Waals surface area contributed by atoms with E-state index >= 15 is 0 Å². The van der Waals surface area contributed by atoms with Crippen molar-refractivity contribution in [2.75, 3.05) is 39.3 Å². The summed E-state index contributed by atoms with van der Waals surface area (Å²) in [5.74, 6) is -0.457. The molecule has 1 aromatic carbocycles. The van der Waals surface area contributed by atoms with Crippen LogP contribution in [0.25, 0.3) is 0 Å². The van der Waals surface area contributed by atoms with Gasteiger partial charge in [-0.05, 0) is 44.0 Å². The van der Waals surface area contributed by atoms with Gasteiger partial charge in [0, 0.05) is 32.2 Å². The molecule has 1 aromatic rings. The lowest BCUT2D eigenvalue weighted by Crippen LogP contribution is -2.57.